The van der Waals surface area contributed by atoms with Crippen molar-refractivity contribution in [1.29, 1.82) is 0 Å². The number of hydrogen-bond acceptors (Lipinski definition) is 2. The van der Waals surface area contributed by atoms with Crippen molar-refractivity contribution in [3.63, 3.8) is 0 Å². The van der Waals surface area contributed by atoms with Crippen LogP contribution >= 0.6 is 23.2 Å². The second kappa shape index (κ2) is 8.57. The Labute approximate surface area is 164 Å². The summed E-state index contributed by atoms with van der Waals surface area (Å²) in [6.45, 7) is 0. The highest BCUT2D eigenvalue weighted by molar-refractivity contribution is 6.34. The van der Waals surface area contributed by atoms with Crippen LogP contribution in [0.4, 0.5) is 32.4 Å². The first-order chi connectivity index (χ1) is 13.0. The maximum absolute atomic E-state index is 13.6. The van der Waals surface area contributed by atoms with Crippen LogP contribution in [0.25, 0.3) is 5.83 Å². The number of hydrogen-bond donors (Lipinski definition) is 2. The topological polar surface area (TPSA) is 58.2 Å². The summed E-state index contributed by atoms with van der Waals surface area (Å²) in [6.07, 6.45) is -5.51. The van der Waals surface area contributed by atoms with Crippen LogP contribution < -0.4 is 10.6 Å². The lowest BCUT2D eigenvalue weighted by atomic mass is 10.1. The van der Waals surface area contributed by atoms with Gasteiger partial charge in [-0.3, -0.25) is 10.1 Å². The monoisotopic (exact) mass is 438 g/mol. The van der Waals surface area contributed by atoms with Crippen LogP contribution in [0.5, 0.6) is 0 Å². The summed E-state index contributed by atoms with van der Waals surface area (Å²) in [5.41, 5.74) is -0.907. The molecule has 0 saturated heterocycles. The summed E-state index contributed by atoms with van der Waals surface area (Å²) in [5, 5.41) is 3.66. The molecule has 0 aromatic heterocycles. The van der Waals surface area contributed by atoms with E-state index >= 15 is 0 Å². The fourth-order valence-corrected chi connectivity index (χ4v) is 2.48. The summed E-state index contributed by atoms with van der Waals surface area (Å²) in [4.78, 5) is 23.8. The van der Waals surface area contributed by atoms with Crippen LogP contribution in [0, 0.1) is 0 Å². The highest BCUT2D eigenvalue weighted by Gasteiger charge is 2.38. The Balaban J connectivity index is 2.14. The lowest BCUT2D eigenvalue weighted by molar-refractivity contribution is -0.108. The van der Waals surface area contributed by atoms with Gasteiger partial charge in [0.2, 0.25) is 5.83 Å². The zero-order chi connectivity index (χ0) is 21.1. The standard InChI is InChI=1S/C17H9Cl2F5N2O2/c18-11-4-2-1-3-10(11)15(27)26-16(28)25-8-5-6-9(12(19)7-8)13(20)14(21)17(22,23)24/h1-7H,(H2,25,26,27,28). The normalized spacial score (nSPS) is 12.2. The van der Waals surface area contributed by atoms with E-state index in [0.29, 0.717) is 0 Å². The van der Waals surface area contributed by atoms with Gasteiger partial charge in [0.15, 0.2) is 5.83 Å². The number of carbonyl (C=O) groups is 2. The molecule has 4 nitrogen and oxygen atoms in total. The maximum Gasteiger partial charge on any atom is 0.445 e. The largest absolute Gasteiger partial charge is 0.445 e. The van der Waals surface area contributed by atoms with Gasteiger partial charge >= 0.3 is 12.2 Å². The average Bonchev–Trinajstić information content (AvgIpc) is 2.60. The van der Waals surface area contributed by atoms with Gasteiger partial charge in [-0.1, -0.05) is 35.3 Å². The molecule has 2 N–H and O–H groups in total. The third-order valence-electron chi connectivity index (χ3n) is 3.25. The molecule has 0 atom stereocenters. The number of amides is 3. The van der Waals surface area contributed by atoms with Crippen LogP contribution in [-0.2, 0) is 0 Å². The molecule has 148 valence electrons. The third kappa shape index (κ3) is 5.20. The number of benzene rings is 2. The van der Waals surface area contributed by atoms with E-state index in [1.165, 1.54) is 18.2 Å². The van der Waals surface area contributed by atoms with E-state index in [1.54, 1.807) is 6.07 Å². The SMILES string of the molecule is O=C(NC(=O)c1ccccc1Cl)Nc1ccc(C(F)=C(F)C(F)(F)F)c(Cl)c1. The van der Waals surface area contributed by atoms with E-state index in [0.717, 1.165) is 18.2 Å². The van der Waals surface area contributed by atoms with E-state index in [2.05, 4.69) is 5.32 Å². The van der Waals surface area contributed by atoms with Crippen molar-refractivity contribution in [3.05, 3.63) is 69.5 Å². The van der Waals surface area contributed by atoms with Crippen LogP contribution in [0.15, 0.2) is 48.3 Å². The van der Waals surface area contributed by atoms with Gasteiger partial charge in [-0.2, -0.15) is 17.6 Å². The predicted molar refractivity (Wildman–Crippen MR) is 94.6 cm³/mol. The van der Waals surface area contributed by atoms with E-state index in [-0.39, 0.29) is 16.3 Å². The second-order valence-electron chi connectivity index (χ2n) is 5.21. The first kappa shape index (κ1) is 21.6. The summed E-state index contributed by atoms with van der Waals surface area (Å²) in [5.74, 6) is -5.94. The van der Waals surface area contributed by atoms with Crippen molar-refractivity contribution in [2.45, 2.75) is 6.18 Å². The predicted octanol–water partition coefficient (Wildman–Crippen LogP) is 6.13. The molecule has 28 heavy (non-hydrogen) atoms. The first-order valence-corrected chi connectivity index (χ1v) is 8.05. The quantitative estimate of drug-likeness (QED) is 0.566. The Morgan fingerprint density at radius 1 is 0.893 bits per heavy atom. The molecule has 0 aliphatic heterocycles. The third-order valence-corrected chi connectivity index (χ3v) is 3.89. The fourth-order valence-electron chi connectivity index (χ4n) is 1.99. The average molecular weight is 439 g/mol. The molecule has 2 aromatic rings. The second-order valence-corrected chi connectivity index (χ2v) is 6.02. The molecule has 11 heteroatoms. The van der Waals surface area contributed by atoms with Crippen LogP contribution in [0.1, 0.15) is 15.9 Å². The maximum atomic E-state index is 13.6. The minimum atomic E-state index is -5.51. The molecule has 0 spiro atoms. The van der Waals surface area contributed by atoms with Gasteiger partial charge in [-0.15, -0.1) is 0 Å². The summed E-state index contributed by atoms with van der Waals surface area (Å²) >= 11 is 11.5. The van der Waals surface area contributed by atoms with Crippen molar-refractivity contribution in [1.82, 2.24) is 5.32 Å². The van der Waals surface area contributed by atoms with E-state index in [9.17, 15) is 31.5 Å². The Kier molecular flexibility index (Phi) is 6.63. The number of rotatable bonds is 3. The van der Waals surface area contributed by atoms with Crippen LogP contribution in [0.2, 0.25) is 10.0 Å². The highest BCUT2D eigenvalue weighted by atomic mass is 35.5. The van der Waals surface area contributed by atoms with Gasteiger partial charge in [0.1, 0.15) is 0 Å². The van der Waals surface area contributed by atoms with Gasteiger partial charge in [-0.05, 0) is 30.3 Å². The smallest absolute Gasteiger partial charge is 0.308 e. The van der Waals surface area contributed by atoms with Crippen molar-refractivity contribution in [3.8, 4) is 0 Å². The summed E-state index contributed by atoms with van der Waals surface area (Å²) < 4.78 is 63.3. The van der Waals surface area contributed by atoms with E-state index in [4.69, 9.17) is 23.2 Å². The number of nitrogens with one attached hydrogen (secondary N) is 2. The molecule has 0 aliphatic carbocycles. The Morgan fingerprint density at radius 2 is 1.54 bits per heavy atom. The van der Waals surface area contributed by atoms with Crippen LogP contribution in [-0.4, -0.2) is 18.1 Å². The Hall–Kier alpha value is -2.65. The molecule has 0 bridgehead atoms. The molecular weight excluding hydrogens is 430 g/mol. The van der Waals surface area contributed by atoms with E-state index in [1.807, 2.05) is 5.32 Å². The van der Waals surface area contributed by atoms with Gasteiger partial charge in [0, 0.05) is 11.3 Å². The summed E-state index contributed by atoms with van der Waals surface area (Å²) in [7, 11) is 0. The Morgan fingerprint density at radius 3 is 2.11 bits per heavy atom. The molecule has 0 aliphatic rings. The number of urea groups is 1. The van der Waals surface area contributed by atoms with E-state index < -0.39 is 40.4 Å². The lowest BCUT2D eigenvalue weighted by Gasteiger charge is -2.10. The van der Waals surface area contributed by atoms with Gasteiger partial charge < -0.3 is 5.32 Å². The number of anilines is 1. The molecule has 0 fully saturated rings. The number of imide groups is 1. The molecule has 0 heterocycles. The van der Waals surface area contributed by atoms with Gasteiger partial charge in [-0.25, -0.2) is 9.18 Å². The van der Waals surface area contributed by atoms with Crippen molar-refractivity contribution in [2.24, 2.45) is 0 Å². The molecule has 0 saturated carbocycles. The van der Waals surface area contributed by atoms with Crippen molar-refractivity contribution < 1.29 is 31.5 Å². The molecule has 0 radical (unpaired) electrons. The summed E-state index contributed by atoms with van der Waals surface area (Å²) in [6, 6.07) is 7.52. The zero-order valence-electron chi connectivity index (χ0n) is 13.5. The number of alkyl halides is 3. The van der Waals surface area contributed by atoms with Crippen LogP contribution in [0.3, 0.4) is 0 Å². The lowest BCUT2D eigenvalue weighted by Crippen LogP contribution is -2.34. The Bertz CT molecular complexity index is 961. The van der Waals surface area contributed by atoms with Gasteiger partial charge in [0.05, 0.1) is 15.6 Å². The minimum absolute atomic E-state index is 0.0301. The molecular formula is C17H9Cl2F5N2O2. The van der Waals surface area contributed by atoms with Gasteiger partial charge in [0.25, 0.3) is 5.91 Å². The molecule has 0 unspecified atom stereocenters. The van der Waals surface area contributed by atoms with Crippen molar-refractivity contribution >= 4 is 46.7 Å². The first-order valence-electron chi connectivity index (χ1n) is 7.30. The number of allylic oxidation sites excluding steroid dienone is 1. The molecule has 3 amide bonds. The molecule has 2 aromatic carbocycles. The van der Waals surface area contributed by atoms with Crippen molar-refractivity contribution in [2.75, 3.05) is 5.32 Å². The minimum Gasteiger partial charge on any atom is -0.308 e. The zero-order valence-corrected chi connectivity index (χ0v) is 15.0. The fraction of sp³-hybridized carbons (Fsp3) is 0.0588. The number of carbonyl (C=O) groups excluding carboxylic acids is 2. The highest BCUT2D eigenvalue weighted by Crippen LogP contribution is 2.37. The number of halogens is 7. The molecule has 2 rings (SSSR count).